The van der Waals surface area contributed by atoms with Gasteiger partial charge in [0, 0.05) is 22.8 Å². The monoisotopic (exact) mass is 465 g/mol. The van der Waals surface area contributed by atoms with Crippen molar-refractivity contribution in [1.29, 1.82) is 0 Å². The Labute approximate surface area is 204 Å². The average molecular weight is 466 g/mol. The van der Waals surface area contributed by atoms with Gasteiger partial charge in [0.15, 0.2) is 0 Å². The Bertz CT molecular complexity index is 1380. The van der Waals surface area contributed by atoms with Crippen molar-refractivity contribution >= 4 is 28.1 Å². The Morgan fingerprint density at radius 3 is 2.24 bits per heavy atom. The van der Waals surface area contributed by atoms with E-state index in [0.29, 0.717) is 18.2 Å². The first-order chi connectivity index (χ1) is 16.7. The SMILES string of the molecule is Clc1ccc(OCc2cccc3ccccc23)c(CNc2ccc(Oc3ccccc3)cc2)c1. The van der Waals surface area contributed by atoms with Gasteiger partial charge in [-0.15, -0.1) is 0 Å². The van der Waals surface area contributed by atoms with Crippen molar-refractivity contribution in [3.63, 3.8) is 0 Å². The summed E-state index contributed by atoms with van der Waals surface area (Å²) in [5, 5.41) is 6.55. The van der Waals surface area contributed by atoms with Crippen LogP contribution in [0.2, 0.25) is 5.02 Å². The van der Waals surface area contributed by atoms with Crippen LogP contribution in [0.15, 0.2) is 115 Å². The molecule has 0 amide bonds. The summed E-state index contributed by atoms with van der Waals surface area (Å²) in [6, 6.07) is 38.0. The molecule has 0 heterocycles. The van der Waals surface area contributed by atoms with Gasteiger partial charge in [-0.25, -0.2) is 0 Å². The van der Waals surface area contributed by atoms with Gasteiger partial charge in [0.2, 0.25) is 0 Å². The lowest BCUT2D eigenvalue weighted by Crippen LogP contribution is -2.04. The quantitative estimate of drug-likeness (QED) is 0.249. The number of hydrogen-bond acceptors (Lipinski definition) is 3. The third-order valence-corrected chi connectivity index (χ3v) is 5.84. The number of rotatable bonds is 8. The number of ether oxygens (including phenoxy) is 2. The lowest BCUT2D eigenvalue weighted by molar-refractivity contribution is 0.305. The maximum Gasteiger partial charge on any atom is 0.127 e. The summed E-state index contributed by atoms with van der Waals surface area (Å²) in [4.78, 5) is 0. The molecular weight excluding hydrogens is 442 g/mol. The number of hydrogen-bond donors (Lipinski definition) is 1. The molecule has 0 saturated heterocycles. The topological polar surface area (TPSA) is 30.5 Å². The van der Waals surface area contributed by atoms with Crippen LogP contribution in [0.25, 0.3) is 10.8 Å². The second-order valence-electron chi connectivity index (χ2n) is 7.97. The average Bonchev–Trinajstić information content (AvgIpc) is 2.88. The largest absolute Gasteiger partial charge is 0.489 e. The van der Waals surface area contributed by atoms with Gasteiger partial charge < -0.3 is 14.8 Å². The zero-order valence-corrected chi connectivity index (χ0v) is 19.3. The van der Waals surface area contributed by atoms with Gasteiger partial charge in [0.1, 0.15) is 23.9 Å². The molecule has 34 heavy (non-hydrogen) atoms. The zero-order chi connectivity index (χ0) is 23.2. The summed E-state index contributed by atoms with van der Waals surface area (Å²) in [7, 11) is 0. The maximum absolute atomic E-state index is 6.29. The van der Waals surface area contributed by atoms with Crippen LogP contribution in [0.5, 0.6) is 17.2 Å². The van der Waals surface area contributed by atoms with Crippen LogP contribution in [-0.2, 0) is 13.2 Å². The third kappa shape index (κ3) is 5.33. The van der Waals surface area contributed by atoms with E-state index in [1.54, 1.807) is 0 Å². The highest BCUT2D eigenvalue weighted by Gasteiger charge is 2.08. The van der Waals surface area contributed by atoms with E-state index in [4.69, 9.17) is 21.1 Å². The molecule has 0 spiro atoms. The van der Waals surface area contributed by atoms with E-state index in [-0.39, 0.29) is 0 Å². The number of halogens is 1. The number of para-hydroxylation sites is 1. The molecule has 0 saturated carbocycles. The first kappa shape index (κ1) is 21.9. The van der Waals surface area contributed by atoms with Gasteiger partial charge in [-0.3, -0.25) is 0 Å². The molecule has 0 fully saturated rings. The van der Waals surface area contributed by atoms with Crippen LogP contribution < -0.4 is 14.8 Å². The zero-order valence-electron chi connectivity index (χ0n) is 18.6. The van der Waals surface area contributed by atoms with Gasteiger partial charge in [-0.05, 0) is 70.9 Å². The summed E-state index contributed by atoms with van der Waals surface area (Å²) in [5.41, 5.74) is 3.14. The van der Waals surface area contributed by atoms with E-state index in [1.165, 1.54) is 10.8 Å². The predicted molar refractivity (Wildman–Crippen MR) is 140 cm³/mol. The third-order valence-electron chi connectivity index (χ3n) is 5.60. The van der Waals surface area contributed by atoms with Gasteiger partial charge in [-0.1, -0.05) is 72.3 Å². The van der Waals surface area contributed by atoms with Crippen molar-refractivity contribution in [3.05, 3.63) is 131 Å². The molecular formula is C30H24ClNO2. The molecule has 0 aliphatic heterocycles. The van der Waals surface area contributed by atoms with Gasteiger partial charge in [-0.2, -0.15) is 0 Å². The number of benzene rings is 5. The predicted octanol–water partition coefficient (Wildman–Crippen LogP) is 8.48. The summed E-state index contributed by atoms with van der Waals surface area (Å²) in [5.74, 6) is 2.42. The van der Waals surface area contributed by atoms with E-state index >= 15 is 0 Å². The van der Waals surface area contributed by atoms with E-state index in [2.05, 4.69) is 47.8 Å². The van der Waals surface area contributed by atoms with E-state index in [1.807, 2.05) is 72.8 Å². The minimum Gasteiger partial charge on any atom is -0.489 e. The van der Waals surface area contributed by atoms with Crippen molar-refractivity contribution in [3.8, 4) is 17.2 Å². The highest BCUT2D eigenvalue weighted by molar-refractivity contribution is 6.30. The van der Waals surface area contributed by atoms with Crippen LogP contribution in [0.1, 0.15) is 11.1 Å². The lowest BCUT2D eigenvalue weighted by Gasteiger charge is -2.15. The van der Waals surface area contributed by atoms with Crippen LogP contribution in [0, 0.1) is 0 Å². The molecule has 4 heteroatoms. The fourth-order valence-corrected chi connectivity index (χ4v) is 4.06. The van der Waals surface area contributed by atoms with Crippen LogP contribution >= 0.6 is 11.6 Å². The second kappa shape index (κ2) is 10.3. The molecule has 1 N–H and O–H groups in total. The Hall–Kier alpha value is -3.95. The van der Waals surface area contributed by atoms with Crippen molar-refractivity contribution in [2.24, 2.45) is 0 Å². The molecule has 5 aromatic rings. The highest BCUT2D eigenvalue weighted by Crippen LogP contribution is 2.27. The van der Waals surface area contributed by atoms with E-state index < -0.39 is 0 Å². The standard InChI is InChI=1S/C30H24ClNO2/c31-25-13-18-30(33-21-23-9-6-8-22-7-4-5-12-29(22)23)24(19-25)20-32-26-14-16-28(17-15-26)34-27-10-2-1-3-11-27/h1-19,32H,20-21H2. The first-order valence-corrected chi connectivity index (χ1v) is 11.6. The molecule has 0 atom stereocenters. The van der Waals surface area contributed by atoms with Crippen LogP contribution in [-0.4, -0.2) is 0 Å². The molecule has 0 aliphatic rings. The molecule has 0 radical (unpaired) electrons. The minimum atomic E-state index is 0.488. The fraction of sp³-hybridized carbons (Fsp3) is 0.0667. The number of nitrogens with one attached hydrogen (secondary N) is 1. The van der Waals surface area contributed by atoms with E-state index in [0.717, 1.165) is 34.1 Å². The molecule has 0 unspecified atom stereocenters. The number of anilines is 1. The van der Waals surface area contributed by atoms with Crippen LogP contribution in [0.3, 0.4) is 0 Å². The van der Waals surface area contributed by atoms with Crippen molar-refractivity contribution < 1.29 is 9.47 Å². The van der Waals surface area contributed by atoms with Gasteiger partial charge in [0.05, 0.1) is 0 Å². The van der Waals surface area contributed by atoms with Gasteiger partial charge in [0.25, 0.3) is 0 Å². The Morgan fingerprint density at radius 2 is 1.38 bits per heavy atom. The summed E-state index contributed by atoms with van der Waals surface area (Å²) < 4.78 is 12.1. The molecule has 3 nitrogen and oxygen atoms in total. The van der Waals surface area contributed by atoms with Gasteiger partial charge >= 0.3 is 0 Å². The molecule has 5 aromatic carbocycles. The number of fused-ring (bicyclic) bond motifs is 1. The summed E-state index contributed by atoms with van der Waals surface area (Å²) in [6.07, 6.45) is 0. The van der Waals surface area contributed by atoms with E-state index in [9.17, 15) is 0 Å². The molecule has 168 valence electrons. The highest BCUT2D eigenvalue weighted by atomic mass is 35.5. The normalized spacial score (nSPS) is 10.7. The maximum atomic E-state index is 6.29. The molecule has 0 bridgehead atoms. The first-order valence-electron chi connectivity index (χ1n) is 11.2. The van der Waals surface area contributed by atoms with Crippen molar-refractivity contribution in [1.82, 2.24) is 0 Å². The smallest absolute Gasteiger partial charge is 0.127 e. The summed E-state index contributed by atoms with van der Waals surface area (Å²) in [6.45, 7) is 1.08. The second-order valence-corrected chi connectivity index (χ2v) is 8.41. The van der Waals surface area contributed by atoms with Crippen LogP contribution in [0.4, 0.5) is 5.69 Å². The van der Waals surface area contributed by atoms with Crippen molar-refractivity contribution in [2.75, 3.05) is 5.32 Å². The van der Waals surface area contributed by atoms with Crippen molar-refractivity contribution in [2.45, 2.75) is 13.2 Å². The molecule has 0 aromatic heterocycles. The minimum absolute atomic E-state index is 0.488. The molecule has 5 rings (SSSR count). The Balaban J connectivity index is 1.26. The Kier molecular flexibility index (Phi) is 6.64. The summed E-state index contributed by atoms with van der Waals surface area (Å²) >= 11 is 6.29. The Morgan fingerprint density at radius 1 is 0.647 bits per heavy atom. The lowest BCUT2D eigenvalue weighted by atomic mass is 10.1. The molecule has 0 aliphatic carbocycles. The fourth-order valence-electron chi connectivity index (χ4n) is 3.86.